The van der Waals surface area contributed by atoms with E-state index in [1.165, 1.54) is 36.4 Å². The predicted octanol–water partition coefficient (Wildman–Crippen LogP) is 4.28. The minimum absolute atomic E-state index is 0.0244. The molecule has 0 aromatic heterocycles. The molecule has 2 heterocycles. The van der Waals surface area contributed by atoms with E-state index in [-0.39, 0.29) is 41.4 Å². The van der Waals surface area contributed by atoms with Gasteiger partial charge in [0, 0.05) is 24.7 Å². The number of carbonyl (C=O) groups is 4. The Hall–Kier alpha value is -4.86. The zero-order valence-electron chi connectivity index (χ0n) is 20.9. The first-order valence-electron chi connectivity index (χ1n) is 11.9. The molecule has 2 aliphatic heterocycles. The molecule has 38 heavy (non-hydrogen) atoms. The highest BCUT2D eigenvalue weighted by molar-refractivity contribution is 6.35. The highest BCUT2D eigenvalue weighted by Crippen LogP contribution is 2.36. The van der Waals surface area contributed by atoms with Crippen LogP contribution in [0.1, 0.15) is 43.8 Å². The average molecular weight is 514 g/mol. The summed E-state index contributed by atoms with van der Waals surface area (Å²) in [6.07, 6.45) is 0.0244. The van der Waals surface area contributed by atoms with Gasteiger partial charge in [-0.2, -0.15) is 0 Å². The third-order valence-electron chi connectivity index (χ3n) is 6.98. The fourth-order valence-corrected chi connectivity index (χ4v) is 4.79. The second-order valence-electron chi connectivity index (χ2n) is 9.45. The van der Waals surface area contributed by atoms with Crippen LogP contribution in [0.25, 0.3) is 0 Å². The van der Waals surface area contributed by atoms with Crippen molar-refractivity contribution in [3.05, 3.63) is 92.5 Å². The number of nitro benzene ring substituents is 1. The first-order valence-corrected chi connectivity index (χ1v) is 11.9. The summed E-state index contributed by atoms with van der Waals surface area (Å²) < 4.78 is 5.54. The maximum Gasteiger partial charge on any atom is 0.316 e. The van der Waals surface area contributed by atoms with Crippen LogP contribution in [0, 0.1) is 36.8 Å². The van der Waals surface area contributed by atoms with Gasteiger partial charge >= 0.3 is 5.97 Å². The number of esters is 1. The summed E-state index contributed by atoms with van der Waals surface area (Å²) >= 11 is 0. The van der Waals surface area contributed by atoms with Gasteiger partial charge in [-0.1, -0.05) is 12.1 Å². The van der Waals surface area contributed by atoms with E-state index < -0.39 is 34.3 Å². The Morgan fingerprint density at radius 3 is 2.39 bits per heavy atom. The van der Waals surface area contributed by atoms with E-state index in [1.807, 2.05) is 32.0 Å². The van der Waals surface area contributed by atoms with Gasteiger partial charge in [0.25, 0.3) is 17.5 Å². The molecule has 1 atom stereocenters. The van der Waals surface area contributed by atoms with Crippen molar-refractivity contribution < 1.29 is 28.8 Å². The molecule has 0 radical (unpaired) electrons. The number of fused-ring (bicyclic) bond motifs is 1. The Morgan fingerprint density at radius 2 is 1.71 bits per heavy atom. The van der Waals surface area contributed by atoms with Gasteiger partial charge in [-0.05, 0) is 73.9 Å². The molecule has 2 aliphatic rings. The maximum atomic E-state index is 13.0. The molecule has 10 heteroatoms. The summed E-state index contributed by atoms with van der Waals surface area (Å²) in [6.45, 7) is 5.77. The van der Waals surface area contributed by atoms with E-state index in [1.54, 1.807) is 11.8 Å². The Labute approximate surface area is 217 Å². The number of anilines is 2. The average Bonchev–Trinajstić information content (AvgIpc) is 3.38. The molecule has 0 spiro atoms. The number of carbonyl (C=O) groups excluding carboxylic acids is 4. The molecule has 3 aromatic rings. The summed E-state index contributed by atoms with van der Waals surface area (Å²) in [5.41, 5.74) is 2.82. The van der Waals surface area contributed by atoms with Crippen molar-refractivity contribution in [2.45, 2.75) is 27.2 Å². The van der Waals surface area contributed by atoms with Crippen molar-refractivity contribution in [2.24, 2.45) is 5.92 Å². The van der Waals surface area contributed by atoms with Crippen molar-refractivity contribution in [3.63, 3.8) is 0 Å². The van der Waals surface area contributed by atoms with Gasteiger partial charge in [-0.25, -0.2) is 4.90 Å². The van der Waals surface area contributed by atoms with Crippen LogP contribution < -0.4 is 14.5 Å². The van der Waals surface area contributed by atoms with Crippen molar-refractivity contribution in [2.75, 3.05) is 16.3 Å². The number of imide groups is 1. The first-order chi connectivity index (χ1) is 18.1. The summed E-state index contributed by atoms with van der Waals surface area (Å²) in [4.78, 5) is 64.6. The number of hydrogen-bond acceptors (Lipinski definition) is 7. The van der Waals surface area contributed by atoms with Crippen LogP contribution in [0.3, 0.4) is 0 Å². The van der Waals surface area contributed by atoms with Crippen LogP contribution in [0.15, 0.2) is 54.6 Å². The zero-order chi connectivity index (χ0) is 27.3. The Morgan fingerprint density at radius 1 is 0.947 bits per heavy atom. The van der Waals surface area contributed by atoms with E-state index in [2.05, 4.69) is 0 Å². The van der Waals surface area contributed by atoms with E-state index in [0.717, 1.165) is 21.7 Å². The van der Waals surface area contributed by atoms with Crippen LogP contribution in [-0.2, 0) is 9.59 Å². The molecule has 1 fully saturated rings. The first kappa shape index (κ1) is 24.8. The number of hydrogen-bond donors (Lipinski definition) is 0. The van der Waals surface area contributed by atoms with Crippen LogP contribution >= 0.6 is 0 Å². The number of nitrogens with zero attached hydrogens (tertiary/aromatic N) is 3. The Kier molecular flexibility index (Phi) is 6.02. The van der Waals surface area contributed by atoms with Crippen LogP contribution in [0.2, 0.25) is 0 Å². The minimum Gasteiger partial charge on any atom is -0.426 e. The lowest BCUT2D eigenvalue weighted by Gasteiger charge is -2.18. The van der Waals surface area contributed by atoms with Crippen molar-refractivity contribution in [1.29, 1.82) is 0 Å². The van der Waals surface area contributed by atoms with Crippen molar-refractivity contribution in [1.82, 2.24) is 0 Å². The molecule has 0 N–H and O–H groups in total. The highest BCUT2D eigenvalue weighted by Gasteiger charge is 2.42. The second-order valence-corrected chi connectivity index (χ2v) is 9.45. The maximum absolute atomic E-state index is 13.0. The zero-order valence-corrected chi connectivity index (χ0v) is 20.9. The SMILES string of the molecule is Cc1ccc(N2C[C@@H](C(=O)Oc3ccc(N4C(=O)c5cccc([N+](=O)[O-])c5C4=O)c(C)c3)CC2=O)cc1C. The van der Waals surface area contributed by atoms with Gasteiger partial charge < -0.3 is 9.64 Å². The van der Waals surface area contributed by atoms with Crippen LogP contribution in [0.5, 0.6) is 5.75 Å². The third-order valence-corrected chi connectivity index (χ3v) is 6.98. The standard InChI is InChI=1S/C28H23N3O7/c1-15-7-8-19(11-16(15)2)29-14-18(13-24(29)32)28(35)38-20-9-10-22(17(3)12-20)30-26(33)21-5-4-6-23(31(36)37)25(21)27(30)34/h4-12,18H,13-14H2,1-3H3/t18-/m0/s1. The van der Waals surface area contributed by atoms with Gasteiger partial charge in [0.2, 0.25) is 5.91 Å². The molecule has 1 saturated heterocycles. The van der Waals surface area contributed by atoms with E-state index in [9.17, 15) is 29.3 Å². The number of amides is 3. The normalized spacial score (nSPS) is 16.7. The quantitative estimate of drug-likeness (QED) is 0.164. The lowest BCUT2D eigenvalue weighted by molar-refractivity contribution is -0.385. The summed E-state index contributed by atoms with van der Waals surface area (Å²) in [7, 11) is 0. The molecule has 0 aliphatic carbocycles. The molecule has 0 saturated carbocycles. The number of rotatable bonds is 5. The number of nitro groups is 1. The smallest absolute Gasteiger partial charge is 0.316 e. The summed E-state index contributed by atoms with van der Waals surface area (Å²) in [5.74, 6) is -2.65. The molecule has 5 rings (SSSR count). The van der Waals surface area contributed by atoms with Gasteiger partial charge in [0.1, 0.15) is 11.3 Å². The number of aryl methyl sites for hydroxylation is 3. The largest absolute Gasteiger partial charge is 0.426 e. The van der Waals surface area contributed by atoms with Gasteiger partial charge in [-0.15, -0.1) is 0 Å². The molecule has 3 amide bonds. The van der Waals surface area contributed by atoms with E-state index in [4.69, 9.17) is 4.74 Å². The number of benzene rings is 3. The summed E-state index contributed by atoms with van der Waals surface area (Å²) in [5, 5.41) is 11.4. The molecule has 3 aromatic carbocycles. The molecule has 10 nitrogen and oxygen atoms in total. The fraction of sp³-hybridized carbons (Fsp3) is 0.214. The van der Waals surface area contributed by atoms with Gasteiger partial charge in [0.15, 0.2) is 0 Å². The van der Waals surface area contributed by atoms with Gasteiger partial charge in [0.05, 0.1) is 22.1 Å². The second kappa shape index (κ2) is 9.22. The monoisotopic (exact) mass is 513 g/mol. The fourth-order valence-electron chi connectivity index (χ4n) is 4.79. The number of ether oxygens (including phenoxy) is 1. The lowest BCUT2D eigenvalue weighted by atomic mass is 10.1. The molecule has 192 valence electrons. The van der Waals surface area contributed by atoms with Crippen LogP contribution in [0.4, 0.5) is 17.1 Å². The van der Waals surface area contributed by atoms with E-state index >= 15 is 0 Å². The third kappa shape index (κ3) is 4.09. The predicted molar refractivity (Wildman–Crippen MR) is 137 cm³/mol. The van der Waals surface area contributed by atoms with Gasteiger partial charge in [-0.3, -0.25) is 29.3 Å². The molecular formula is C28H23N3O7. The summed E-state index contributed by atoms with van der Waals surface area (Å²) in [6, 6.07) is 14.0. The van der Waals surface area contributed by atoms with E-state index in [0.29, 0.717) is 5.56 Å². The topological polar surface area (TPSA) is 127 Å². The van der Waals surface area contributed by atoms with Crippen molar-refractivity contribution in [3.8, 4) is 5.75 Å². The highest BCUT2D eigenvalue weighted by atomic mass is 16.6. The minimum atomic E-state index is -0.791. The Balaban J connectivity index is 1.32. The molecule has 0 unspecified atom stereocenters. The van der Waals surface area contributed by atoms with Crippen LogP contribution in [-0.4, -0.2) is 35.2 Å². The van der Waals surface area contributed by atoms with Crippen molar-refractivity contribution >= 4 is 40.8 Å². The Bertz CT molecular complexity index is 1560. The lowest BCUT2D eigenvalue weighted by Crippen LogP contribution is -2.30. The molecule has 0 bridgehead atoms. The molecular weight excluding hydrogens is 490 g/mol.